The molecule has 3 unspecified atom stereocenters. The standard InChI is InChI=1S/C21H46O5P2/c1-4-6-8-10-11-12-13-15-17-21(19-26-27(3,22)23)20-28(24,25)18-16-14-9-7-5-2/h21H,4-20H2,1-3H3,(H,22,23)(H,24,25). The van der Waals surface area contributed by atoms with E-state index in [1.165, 1.54) is 51.6 Å². The van der Waals surface area contributed by atoms with Gasteiger partial charge in [-0.1, -0.05) is 90.9 Å². The zero-order valence-electron chi connectivity index (χ0n) is 18.6. The van der Waals surface area contributed by atoms with Crippen molar-refractivity contribution in [3.63, 3.8) is 0 Å². The first kappa shape index (κ1) is 28.3. The third-order valence-electron chi connectivity index (χ3n) is 5.17. The van der Waals surface area contributed by atoms with Crippen molar-refractivity contribution in [3.05, 3.63) is 0 Å². The second kappa shape index (κ2) is 17.1. The first-order chi connectivity index (χ1) is 13.2. The van der Waals surface area contributed by atoms with E-state index in [1.54, 1.807) is 0 Å². The van der Waals surface area contributed by atoms with Crippen LogP contribution in [0.3, 0.4) is 0 Å². The molecule has 0 spiro atoms. The fourth-order valence-corrected chi connectivity index (χ4v) is 5.98. The van der Waals surface area contributed by atoms with Crippen molar-refractivity contribution in [2.24, 2.45) is 5.92 Å². The highest BCUT2D eigenvalue weighted by atomic mass is 31.2. The Kier molecular flexibility index (Phi) is 17.3. The second-order valence-corrected chi connectivity index (χ2v) is 12.8. The normalized spacial score (nSPS) is 17.2. The first-order valence-corrected chi connectivity index (χ1v) is 15.5. The van der Waals surface area contributed by atoms with Crippen molar-refractivity contribution in [2.75, 3.05) is 25.6 Å². The molecular weight excluding hydrogens is 394 g/mol. The Balaban J connectivity index is 4.27. The molecule has 0 heterocycles. The van der Waals surface area contributed by atoms with Gasteiger partial charge in [-0.2, -0.15) is 0 Å². The van der Waals surface area contributed by atoms with Crippen LogP contribution >= 0.6 is 15.0 Å². The van der Waals surface area contributed by atoms with E-state index in [9.17, 15) is 18.9 Å². The molecule has 2 N–H and O–H groups in total. The lowest BCUT2D eigenvalue weighted by Gasteiger charge is -2.21. The van der Waals surface area contributed by atoms with Crippen molar-refractivity contribution in [1.82, 2.24) is 0 Å². The van der Waals surface area contributed by atoms with Gasteiger partial charge in [0.25, 0.3) is 0 Å². The summed E-state index contributed by atoms with van der Waals surface area (Å²) >= 11 is 0. The Hall–Kier alpha value is 0.340. The Morgan fingerprint density at radius 1 is 0.750 bits per heavy atom. The van der Waals surface area contributed by atoms with Gasteiger partial charge in [-0.3, -0.25) is 9.13 Å². The average molecular weight is 441 g/mol. The summed E-state index contributed by atoms with van der Waals surface area (Å²) in [5.41, 5.74) is 0. The predicted molar refractivity (Wildman–Crippen MR) is 121 cm³/mol. The van der Waals surface area contributed by atoms with Crippen LogP contribution in [0.4, 0.5) is 0 Å². The van der Waals surface area contributed by atoms with Crippen molar-refractivity contribution >= 4 is 15.0 Å². The van der Waals surface area contributed by atoms with Gasteiger partial charge in [0.1, 0.15) is 0 Å². The van der Waals surface area contributed by atoms with Crippen LogP contribution in [0.25, 0.3) is 0 Å². The third kappa shape index (κ3) is 19.6. The largest absolute Gasteiger partial charge is 0.344 e. The van der Waals surface area contributed by atoms with Gasteiger partial charge in [-0.25, -0.2) is 0 Å². The minimum atomic E-state index is -3.55. The molecule has 0 aliphatic rings. The van der Waals surface area contributed by atoms with Gasteiger partial charge < -0.3 is 14.3 Å². The number of unbranched alkanes of at least 4 members (excludes halogenated alkanes) is 11. The van der Waals surface area contributed by atoms with Gasteiger partial charge in [0.2, 0.25) is 7.37 Å². The summed E-state index contributed by atoms with van der Waals surface area (Å²) in [6.07, 6.45) is 16.3. The molecule has 0 fully saturated rings. The molecule has 3 atom stereocenters. The summed E-state index contributed by atoms with van der Waals surface area (Å²) in [4.78, 5) is 19.8. The molecule has 0 aromatic rings. The molecule has 28 heavy (non-hydrogen) atoms. The first-order valence-electron chi connectivity index (χ1n) is 11.5. The minimum Gasteiger partial charge on any atom is -0.344 e. The molecule has 7 heteroatoms. The van der Waals surface area contributed by atoms with Crippen molar-refractivity contribution in [3.8, 4) is 0 Å². The van der Waals surface area contributed by atoms with Crippen LogP contribution in [0.15, 0.2) is 0 Å². The Labute approximate surface area is 174 Å². The number of hydrogen-bond donors (Lipinski definition) is 2. The smallest absolute Gasteiger partial charge is 0.325 e. The van der Waals surface area contributed by atoms with Crippen LogP contribution in [-0.2, 0) is 13.7 Å². The molecule has 0 aliphatic carbocycles. The lowest BCUT2D eigenvalue weighted by Crippen LogP contribution is -2.15. The van der Waals surface area contributed by atoms with Gasteiger partial charge in [0.05, 0.1) is 6.61 Å². The van der Waals surface area contributed by atoms with Gasteiger partial charge in [0, 0.05) is 19.0 Å². The molecule has 0 radical (unpaired) electrons. The predicted octanol–water partition coefficient (Wildman–Crippen LogP) is 7.21. The fraction of sp³-hybridized carbons (Fsp3) is 1.00. The second-order valence-electron chi connectivity index (χ2n) is 8.40. The van der Waals surface area contributed by atoms with Crippen molar-refractivity contribution in [1.29, 1.82) is 0 Å². The minimum absolute atomic E-state index is 0.0984. The summed E-state index contributed by atoms with van der Waals surface area (Å²) < 4.78 is 29.1. The maximum atomic E-state index is 12.6. The maximum absolute atomic E-state index is 12.6. The summed E-state index contributed by atoms with van der Waals surface area (Å²) in [5, 5.41) is 0. The quantitative estimate of drug-likeness (QED) is 0.154. The van der Waals surface area contributed by atoms with E-state index >= 15 is 0 Å². The van der Waals surface area contributed by atoms with Crippen LogP contribution in [-0.4, -0.2) is 35.4 Å². The molecule has 170 valence electrons. The molecule has 0 bridgehead atoms. The highest BCUT2D eigenvalue weighted by Gasteiger charge is 2.25. The van der Waals surface area contributed by atoms with E-state index in [4.69, 9.17) is 4.52 Å². The highest BCUT2D eigenvalue weighted by molar-refractivity contribution is 7.58. The van der Waals surface area contributed by atoms with E-state index in [-0.39, 0.29) is 18.7 Å². The van der Waals surface area contributed by atoms with Gasteiger partial charge >= 0.3 is 7.60 Å². The fourth-order valence-electron chi connectivity index (χ4n) is 3.50. The van der Waals surface area contributed by atoms with E-state index in [2.05, 4.69) is 13.8 Å². The Bertz CT molecular complexity index is 450. The maximum Gasteiger partial charge on any atom is 0.325 e. The van der Waals surface area contributed by atoms with Crippen LogP contribution in [0, 0.1) is 5.92 Å². The van der Waals surface area contributed by atoms with Crippen LogP contribution < -0.4 is 0 Å². The number of hydrogen-bond acceptors (Lipinski definition) is 3. The van der Waals surface area contributed by atoms with Gasteiger partial charge in [-0.05, 0) is 18.8 Å². The number of rotatable bonds is 20. The molecule has 0 rings (SSSR count). The summed E-state index contributed by atoms with van der Waals surface area (Å²) in [7, 11) is -6.76. The lowest BCUT2D eigenvalue weighted by molar-refractivity contribution is 0.217. The summed E-state index contributed by atoms with van der Waals surface area (Å²) in [5.74, 6) is -0.119. The summed E-state index contributed by atoms with van der Waals surface area (Å²) in [6, 6.07) is 0. The Morgan fingerprint density at radius 2 is 1.21 bits per heavy atom. The van der Waals surface area contributed by atoms with E-state index in [0.717, 1.165) is 44.9 Å². The Morgan fingerprint density at radius 3 is 1.71 bits per heavy atom. The van der Waals surface area contributed by atoms with Gasteiger partial charge in [-0.15, -0.1) is 0 Å². The lowest BCUT2D eigenvalue weighted by atomic mass is 10.0. The van der Waals surface area contributed by atoms with E-state index in [1.807, 2.05) is 0 Å². The van der Waals surface area contributed by atoms with E-state index < -0.39 is 15.0 Å². The van der Waals surface area contributed by atoms with Crippen molar-refractivity contribution in [2.45, 2.75) is 104 Å². The molecular formula is C21H46O5P2. The molecule has 0 amide bonds. The summed E-state index contributed by atoms with van der Waals surface area (Å²) in [6.45, 7) is 5.64. The zero-order valence-corrected chi connectivity index (χ0v) is 20.4. The molecule has 5 nitrogen and oxygen atoms in total. The SMILES string of the molecule is CCCCCCCCCCC(COP(C)(=O)O)CP(=O)(O)CCCCCCC. The monoisotopic (exact) mass is 440 g/mol. The van der Waals surface area contributed by atoms with Crippen LogP contribution in [0.1, 0.15) is 104 Å². The highest BCUT2D eigenvalue weighted by Crippen LogP contribution is 2.46. The third-order valence-corrected chi connectivity index (χ3v) is 7.90. The average Bonchev–Trinajstić information content (AvgIpc) is 2.60. The molecule has 0 saturated heterocycles. The van der Waals surface area contributed by atoms with Gasteiger partial charge in [0.15, 0.2) is 0 Å². The zero-order chi connectivity index (χ0) is 21.3. The van der Waals surface area contributed by atoms with Crippen LogP contribution in [0.5, 0.6) is 0 Å². The topological polar surface area (TPSA) is 83.8 Å². The molecule has 0 aliphatic heterocycles. The van der Waals surface area contributed by atoms with Crippen LogP contribution in [0.2, 0.25) is 0 Å². The molecule has 0 aromatic heterocycles. The van der Waals surface area contributed by atoms with E-state index in [0.29, 0.717) is 6.16 Å². The van der Waals surface area contributed by atoms with Crippen molar-refractivity contribution < 1.29 is 23.4 Å². The molecule has 0 aromatic carbocycles. The molecule has 0 saturated carbocycles.